The Hall–Kier alpha value is -1.97. The van der Waals surface area contributed by atoms with Gasteiger partial charge in [0, 0.05) is 37.3 Å². The summed E-state index contributed by atoms with van der Waals surface area (Å²) in [5, 5.41) is 3.35. The lowest BCUT2D eigenvalue weighted by atomic mass is 10.2. The van der Waals surface area contributed by atoms with Crippen molar-refractivity contribution in [1.82, 2.24) is 15.0 Å². The maximum Gasteiger partial charge on any atom is 0.131 e. The molecular weight excluding hydrogens is 248 g/mol. The predicted molar refractivity (Wildman–Crippen MR) is 81.9 cm³/mol. The van der Waals surface area contributed by atoms with E-state index >= 15 is 0 Å². The fourth-order valence-corrected chi connectivity index (χ4v) is 2.01. The lowest BCUT2D eigenvalue weighted by molar-refractivity contribution is 0.813. The highest BCUT2D eigenvalue weighted by Gasteiger charge is 2.05. The predicted octanol–water partition coefficient (Wildman–Crippen LogP) is 3.24. The van der Waals surface area contributed by atoms with Gasteiger partial charge in [0.1, 0.15) is 11.6 Å². The highest BCUT2D eigenvalue weighted by molar-refractivity contribution is 5.37. The Morgan fingerprint density at radius 1 is 1.05 bits per heavy atom. The lowest BCUT2D eigenvalue weighted by Gasteiger charge is -2.09. The van der Waals surface area contributed by atoms with Gasteiger partial charge >= 0.3 is 0 Å². The van der Waals surface area contributed by atoms with Crippen LogP contribution in [-0.4, -0.2) is 21.5 Å². The van der Waals surface area contributed by atoms with Crippen molar-refractivity contribution in [2.45, 2.75) is 39.5 Å². The Kier molecular flexibility index (Phi) is 5.47. The van der Waals surface area contributed by atoms with Gasteiger partial charge in [0.2, 0.25) is 0 Å². The topological polar surface area (TPSA) is 50.7 Å². The van der Waals surface area contributed by atoms with Crippen molar-refractivity contribution in [3.63, 3.8) is 0 Å². The molecule has 0 unspecified atom stereocenters. The molecule has 4 nitrogen and oxygen atoms in total. The molecule has 0 spiro atoms. The van der Waals surface area contributed by atoms with Crippen molar-refractivity contribution in [3.8, 4) is 0 Å². The molecule has 0 amide bonds. The van der Waals surface area contributed by atoms with Crippen LogP contribution in [-0.2, 0) is 12.8 Å². The third-order valence-corrected chi connectivity index (χ3v) is 2.94. The molecule has 0 aliphatic heterocycles. The summed E-state index contributed by atoms with van der Waals surface area (Å²) in [7, 11) is 0. The van der Waals surface area contributed by atoms with Crippen LogP contribution in [0.5, 0.6) is 0 Å². The summed E-state index contributed by atoms with van der Waals surface area (Å²) in [6.45, 7) is 5.23. The molecule has 0 atom stereocenters. The lowest BCUT2D eigenvalue weighted by Crippen LogP contribution is -2.08. The summed E-state index contributed by atoms with van der Waals surface area (Å²) >= 11 is 0. The fraction of sp³-hybridized carbons (Fsp3) is 0.438. The Balaban J connectivity index is 2.19. The SMILES string of the molecule is CCCNc1cc(Cc2ccccn2)nc(CCC)n1. The smallest absolute Gasteiger partial charge is 0.131 e. The Bertz CT molecular complexity index is 525. The number of aromatic nitrogens is 3. The first-order chi connectivity index (χ1) is 9.81. The van der Waals surface area contributed by atoms with Crippen molar-refractivity contribution >= 4 is 5.82 Å². The molecular formula is C16H22N4. The summed E-state index contributed by atoms with van der Waals surface area (Å²) < 4.78 is 0. The number of hydrogen-bond acceptors (Lipinski definition) is 4. The van der Waals surface area contributed by atoms with Gasteiger partial charge in [-0.2, -0.15) is 0 Å². The first-order valence-electron chi connectivity index (χ1n) is 7.32. The van der Waals surface area contributed by atoms with E-state index in [2.05, 4.69) is 34.1 Å². The van der Waals surface area contributed by atoms with Gasteiger partial charge in [-0.05, 0) is 25.0 Å². The van der Waals surface area contributed by atoms with Crippen molar-refractivity contribution in [2.24, 2.45) is 0 Å². The highest BCUT2D eigenvalue weighted by Crippen LogP contribution is 2.12. The molecule has 0 bridgehead atoms. The van der Waals surface area contributed by atoms with Crippen LogP contribution in [0.3, 0.4) is 0 Å². The molecule has 4 heteroatoms. The minimum Gasteiger partial charge on any atom is -0.370 e. The average Bonchev–Trinajstić information content (AvgIpc) is 2.46. The second kappa shape index (κ2) is 7.58. The van der Waals surface area contributed by atoms with Crippen molar-refractivity contribution in [2.75, 3.05) is 11.9 Å². The Labute approximate surface area is 120 Å². The van der Waals surface area contributed by atoms with E-state index < -0.39 is 0 Å². The Morgan fingerprint density at radius 2 is 1.95 bits per heavy atom. The number of nitrogens with zero attached hydrogens (tertiary/aromatic N) is 3. The van der Waals surface area contributed by atoms with Gasteiger partial charge in [-0.25, -0.2) is 9.97 Å². The van der Waals surface area contributed by atoms with Gasteiger partial charge in [0.15, 0.2) is 0 Å². The number of pyridine rings is 1. The van der Waals surface area contributed by atoms with E-state index in [9.17, 15) is 0 Å². The molecule has 0 saturated carbocycles. The van der Waals surface area contributed by atoms with Crippen molar-refractivity contribution in [1.29, 1.82) is 0 Å². The van der Waals surface area contributed by atoms with Crippen molar-refractivity contribution in [3.05, 3.63) is 47.7 Å². The molecule has 0 aliphatic carbocycles. The fourth-order valence-electron chi connectivity index (χ4n) is 2.01. The second-order valence-electron chi connectivity index (χ2n) is 4.84. The van der Waals surface area contributed by atoms with Crippen LogP contribution in [0, 0.1) is 0 Å². The van der Waals surface area contributed by atoms with Crippen LogP contribution < -0.4 is 5.32 Å². The molecule has 1 N–H and O–H groups in total. The maximum atomic E-state index is 4.64. The molecule has 2 aromatic rings. The molecule has 0 aliphatic rings. The minimum absolute atomic E-state index is 0.751. The summed E-state index contributed by atoms with van der Waals surface area (Å²) in [6.07, 6.45) is 5.63. The van der Waals surface area contributed by atoms with Gasteiger partial charge in [-0.3, -0.25) is 4.98 Å². The van der Waals surface area contributed by atoms with Gasteiger partial charge in [-0.15, -0.1) is 0 Å². The molecule has 2 rings (SSSR count). The first-order valence-corrected chi connectivity index (χ1v) is 7.32. The largest absolute Gasteiger partial charge is 0.370 e. The first kappa shape index (κ1) is 14.4. The number of nitrogens with one attached hydrogen (secondary N) is 1. The molecule has 106 valence electrons. The normalized spacial score (nSPS) is 10.5. The number of aryl methyl sites for hydroxylation is 1. The molecule has 0 saturated heterocycles. The van der Waals surface area contributed by atoms with E-state index in [1.807, 2.05) is 30.5 Å². The average molecular weight is 270 g/mol. The molecule has 0 aromatic carbocycles. The van der Waals surface area contributed by atoms with Gasteiger partial charge < -0.3 is 5.32 Å². The van der Waals surface area contributed by atoms with E-state index in [1.54, 1.807) is 0 Å². The molecule has 2 heterocycles. The number of anilines is 1. The second-order valence-corrected chi connectivity index (χ2v) is 4.84. The van der Waals surface area contributed by atoms with Crippen LogP contribution in [0.25, 0.3) is 0 Å². The van der Waals surface area contributed by atoms with E-state index in [-0.39, 0.29) is 0 Å². The zero-order valence-electron chi connectivity index (χ0n) is 12.3. The van der Waals surface area contributed by atoms with Crippen LogP contribution in [0.2, 0.25) is 0 Å². The molecule has 0 fully saturated rings. The van der Waals surface area contributed by atoms with Crippen LogP contribution in [0.15, 0.2) is 30.5 Å². The number of hydrogen-bond donors (Lipinski definition) is 1. The van der Waals surface area contributed by atoms with Crippen LogP contribution >= 0.6 is 0 Å². The maximum absolute atomic E-state index is 4.64. The van der Waals surface area contributed by atoms with Gasteiger partial charge in [0.05, 0.1) is 5.69 Å². The van der Waals surface area contributed by atoms with E-state index in [1.165, 1.54) is 0 Å². The molecule has 20 heavy (non-hydrogen) atoms. The highest BCUT2D eigenvalue weighted by atomic mass is 15.0. The number of rotatable bonds is 7. The monoisotopic (exact) mass is 270 g/mol. The van der Waals surface area contributed by atoms with E-state index in [0.717, 1.165) is 55.3 Å². The van der Waals surface area contributed by atoms with Crippen LogP contribution in [0.4, 0.5) is 5.82 Å². The zero-order valence-corrected chi connectivity index (χ0v) is 12.3. The Morgan fingerprint density at radius 3 is 2.65 bits per heavy atom. The molecule has 2 aromatic heterocycles. The van der Waals surface area contributed by atoms with E-state index in [0.29, 0.717) is 0 Å². The third-order valence-electron chi connectivity index (χ3n) is 2.94. The quantitative estimate of drug-likeness (QED) is 0.839. The van der Waals surface area contributed by atoms with Crippen molar-refractivity contribution < 1.29 is 0 Å². The van der Waals surface area contributed by atoms with Gasteiger partial charge in [0.25, 0.3) is 0 Å². The summed E-state index contributed by atoms with van der Waals surface area (Å²) in [4.78, 5) is 13.6. The summed E-state index contributed by atoms with van der Waals surface area (Å²) in [6, 6.07) is 8.00. The third kappa shape index (κ3) is 4.30. The van der Waals surface area contributed by atoms with Gasteiger partial charge in [-0.1, -0.05) is 19.9 Å². The summed E-state index contributed by atoms with van der Waals surface area (Å²) in [5.41, 5.74) is 2.07. The standard InChI is InChI=1S/C16H22N4/c1-3-7-15-19-14(11-13-8-5-6-10-17-13)12-16(20-15)18-9-4-2/h5-6,8,10,12H,3-4,7,9,11H2,1-2H3,(H,18,19,20). The minimum atomic E-state index is 0.751. The van der Waals surface area contributed by atoms with Crippen LogP contribution in [0.1, 0.15) is 43.9 Å². The molecule has 0 radical (unpaired) electrons. The zero-order chi connectivity index (χ0) is 14.2. The summed E-state index contributed by atoms with van der Waals surface area (Å²) in [5.74, 6) is 1.84. The van der Waals surface area contributed by atoms with E-state index in [4.69, 9.17) is 0 Å².